The van der Waals surface area contributed by atoms with E-state index in [-0.39, 0.29) is 17.5 Å². The van der Waals surface area contributed by atoms with Crippen LogP contribution < -0.4 is 5.32 Å². The molecule has 0 aromatic heterocycles. The highest BCUT2D eigenvalue weighted by Gasteiger charge is 2.27. The number of carbonyl (C=O) groups is 1. The molecule has 3 rings (SSSR count). The van der Waals surface area contributed by atoms with Crippen LogP contribution in [-0.4, -0.2) is 25.2 Å². The summed E-state index contributed by atoms with van der Waals surface area (Å²) in [6, 6.07) is 18.3. The third kappa shape index (κ3) is 6.38. The second-order valence-corrected chi connectivity index (χ2v) is 10.5. The fraction of sp³-hybridized carbons (Fsp3) is 0.174. The summed E-state index contributed by atoms with van der Waals surface area (Å²) >= 11 is 9.29. The quantitative estimate of drug-likeness (QED) is 0.422. The Hall–Kier alpha value is -2.26. The number of amides is 1. The summed E-state index contributed by atoms with van der Waals surface area (Å²) in [6.07, 6.45) is 0. The van der Waals surface area contributed by atoms with E-state index < -0.39 is 28.3 Å². The largest absolute Gasteiger partial charge is 0.348 e. The SMILES string of the molecule is CC(NC(=O)CN(Cc1ccc(F)cc1)S(=O)(=O)c1ccc(Cl)cc1)c1cccc(Br)c1. The molecule has 1 N–H and O–H groups in total. The highest BCUT2D eigenvalue weighted by Crippen LogP contribution is 2.22. The number of nitrogens with zero attached hydrogens (tertiary/aromatic N) is 1. The van der Waals surface area contributed by atoms with Crippen LogP contribution in [0.25, 0.3) is 0 Å². The molecule has 0 spiro atoms. The van der Waals surface area contributed by atoms with Gasteiger partial charge in [-0.05, 0) is 66.6 Å². The van der Waals surface area contributed by atoms with Gasteiger partial charge in [0.25, 0.3) is 0 Å². The van der Waals surface area contributed by atoms with Gasteiger partial charge in [0.1, 0.15) is 5.82 Å². The molecule has 1 unspecified atom stereocenters. The Morgan fingerprint density at radius 1 is 1.09 bits per heavy atom. The summed E-state index contributed by atoms with van der Waals surface area (Å²) < 4.78 is 41.8. The number of benzene rings is 3. The van der Waals surface area contributed by atoms with Gasteiger partial charge in [-0.3, -0.25) is 4.79 Å². The van der Waals surface area contributed by atoms with Crippen molar-refractivity contribution in [3.05, 3.63) is 99.2 Å². The molecule has 0 saturated heterocycles. The molecule has 0 radical (unpaired) electrons. The summed E-state index contributed by atoms with van der Waals surface area (Å²) in [4.78, 5) is 12.8. The van der Waals surface area contributed by atoms with Crippen LogP contribution in [0.15, 0.2) is 82.2 Å². The van der Waals surface area contributed by atoms with E-state index in [4.69, 9.17) is 11.6 Å². The number of carbonyl (C=O) groups excluding carboxylic acids is 1. The molecule has 0 bridgehead atoms. The van der Waals surface area contributed by atoms with Gasteiger partial charge in [-0.15, -0.1) is 0 Å². The van der Waals surface area contributed by atoms with Crippen molar-refractivity contribution in [3.8, 4) is 0 Å². The maximum absolute atomic E-state index is 13.3. The molecule has 0 aliphatic carbocycles. The topological polar surface area (TPSA) is 66.5 Å². The second kappa shape index (κ2) is 10.6. The first kappa shape index (κ1) is 24.4. The molecule has 168 valence electrons. The number of halogens is 3. The summed E-state index contributed by atoms with van der Waals surface area (Å²) in [5.41, 5.74) is 1.43. The molecule has 0 aliphatic rings. The molecular weight excluding hydrogens is 519 g/mol. The molecule has 0 heterocycles. The lowest BCUT2D eigenvalue weighted by molar-refractivity contribution is -0.122. The van der Waals surface area contributed by atoms with Crippen molar-refractivity contribution in [2.24, 2.45) is 0 Å². The first-order chi connectivity index (χ1) is 15.1. The van der Waals surface area contributed by atoms with Gasteiger partial charge in [0, 0.05) is 16.0 Å². The molecule has 5 nitrogen and oxygen atoms in total. The average molecular weight is 540 g/mol. The van der Waals surface area contributed by atoms with Crippen LogP contribution >= 0.6 is 27.5 Å². The second-order valence-electron chi connectivity index (χ2n) is 7.20. The molecular formula is C23H21BrClFN2O3S. The molecule has 3 aromatic rings. The highest BCUT2D eigenvalue weighted by atomic mass is 79.9. The van der Waals surface area contributed by atoms with E-state index in [1.807, 2.05) is 31.2 Å². The minimum atomic E-state index is -4.02. The standard InChI is InChI=1S/C23H21BrClFN2O3S/c1-16(18-3-2-4-19(24)13-18)27-23(29)15-28(14-17-5-9-21(26)10-6-17)32(30,31)22-11-7-20(25)8-12-22/h2-13,16H,14-15H2,1H3,(H,27,29). The number of sulfonamides is 1. The van der Waals surface area contributed by atoms with Crippen molar-refractivity contribution in [2.45, 2.75) is 24.4 Å². The number of hydrogen-bond donors (Lipinski definition) is 1. The highest BCUT2D eigenvalue weighted by molar-refractivity contribution is 9.10. The van der Waals surface area contributed by atoms with E-state index in [1.165, 1.54) is 48.5 Å². The Kier molecular flexibility index (Phi) is 8.05. The Bertz CT molecular complexity index is 1190. The van der Waals surface area contributed by atoms with Crippen LogP contribution in [0.3, 0.4) is 0 Å². The number of rotatable bonds is 8. The van der Waals surface area contributed by atoms with Crippen molar-refractivity contribution in [2.75, 3.05) is 6.54 Å². The van der Waals surface area contributed by atoms with Crippen molar-refractivity contribution >= 4 is 43.5 Å². The van der Waals surface area contributed by atoms with Crippen LogP contribution in [0.1, 0.15) is 24.1 Å². The monoisotopic (exact) mass is 538 g/mol. The zero-order valence-corrected chi connectivity index (χ0v) is 20.3. The minimum absolute atomic E-state index is 0.0110. The number of hydrogen-bond acceptors (Lipinski definition) is 3. The van der Waals surface area contributed by atoms with Gasteiger partial charge in [-0.25, -0.2) is 12.8 Å². The Labute approximate surface area is 200 Å². The van der Waals surface area contributed by atoms with Gasteiger partial charge in [0.2, 0.25) is 15.9 Å². The van der Waals surface area contributed by atoms with E-state index >= 15 is 0 Å². The molecule has 9 heteroatoms. The summed E-state index contributed by atoms with van der Waals surface area (Å²) in [5.74, 6) is -0.890. The minimum Gasteiger partial charge on any atom is -0.348 e. The Balaban J connectivity index is 1.83. The van der Waals surface area contributed by atoms with Gasteiger partial charge in [0.15, 0.2) is 0 Å². The maximum Gasteiger partial charge on any atom is 0.243 e. The predicted molar refractivity (Wildman–Crippen MR) is 126 cm³/mol. The lowest BCUT2D eigenvalue weighted by atomic mass is 10.1. The van der Waals surface area contributed by atoms with Crippen molar-refractivity contribution in [1.29, 1.82) is 0 Å². The lowest BCUT2D eigenvalue weighted by Gasteiger charge is -2.23. The van der Waals surface area contributed by atoms with E-state index in [9.17, 15) is 17.6 Å². The van der Waals surface area contributed by atoms with Gasteiger partial charge in [-0.2, -0.15) is 4.31 Å². The summed E-state index contributed by atoms with van der Waals surface area (Å²) in [7, 11) is -4.02. The average Bonchev–Trinajstić information content (AvgIpc) is 2.75. The summed E-state index contributed by atoms with van der Waals surface area (Å²) in [5, 5.41) is 3.23. The maximum atomic E-state index is 13.3. The zero-order valence-electron chi connectivity index (χ0n) is 17.1. The molecule has 0 fully saturated rings. The predicted octanol–water partition coefficient (Wildman–Crippen LogP) is 5.31. The third-order valence-electron chi connectivity index (χ3n) is 4.77. The molecule has 32 heavy (non-hydrogen) atoms. The molecule has 3 aromatic carbocycles. The van der Waals surface area contributed by atoms with Crippen LogP contribution in [0.4, 0.5) is 4.39 Å². The van der Waals surface area contributed by atoms with Crippen molar-refractivity contribution < 1.29 is 17.6 Å². The fourth-order valence-corrected chi connectivity index (χ4v) is 5.01. The zero-order chi connectivity index (χ0) is 23.3. The Morgan fingerprint density at radius 3 is 2.38 bits per heavy atom. The first-order valence-electron chi connectivity index (χ1n) is 9.70. The van der Waals surface area contributed by atoms with Crippen molar-refractivity contribution in [1.82, 2.24) is 9.62 Å². The molecule has 0 saturated carbocycles. The van der Waals surface area contributed by atoms with Gasteiger partial charge in [0.05, 0.1) is 17.5 Å². The normalized spacial score (nSPS) is 12.5. The van der Waals surface area contributed by atoms with Gasteiger partial charge >= 0.3 is 0 Å². The lowest BCUT2D eigenvalue weighted by Crippen LogP contribution is -2.41. The summed E-state index contributed by atoms with van der Waals surface area (Å²) in [6.45, 7) is 1.32. The molecule has 1 amide bonds. The van der Waals surface area contributed by atoms with Crippen LogP contribution in [0.2, 0.25) is 5.02 Å². The van der Waals surface area contributed by atoms with E-state index in [0.29, 0.717) is 10.6 Å². The molecule has 1 atom stereocenters. The first-order valence-corrected chi connectivity index (χ1v) is 12.3. The Morgan fingerprint density at radius 2 is 1.75 bits per heavy atom. The van der Waals surface area contributed by atoms with E-state index in [0.717, 1.165) is 14.3 Å². The van der Waals surface area contributed by atoms with Crippen LogP contribution in [-0.2, 0) is 21.4 Å². The van der Waals surface area contributed by atoms with Gasteiger partial charge < -0.3 is 5.32 Å². The van der Waals surface area contributed by atoms with Crippen LogP contribution in [0, 0.1) is 5.82 Å². The van der Waals surface area contributed by atoms with Crippen LogP contribution in [0.5, 0.6) is 0 Å². The van der Waals surface area contributed by atoms with E-state index in [2.05, 4.69) is 21.2 Å². The van der Waals surface area contributed by atoms with Crippen molar-refractivity contribution in [3.63, 3.8) is 0 Å². The number of nitrogens with one attached hydrogen (secondary N) is 1. The fourth-order valence-electron chi connectivity index (χ4n) is 3.08. The smallest absolute Gasteiger partial charge is 0.243 e. The third-order valence-corrected chi connectivity index (χ3v) is 7.32. The van der Waals surface area contributed by atoms with Gasteiger partial charge in [-0.1, -0.05) is 51.8 Å². The van der Waals surface area contributed by atoms with E-state index in [1.54, 1.807) is 0 Å². The molecule has 0 aliphatic heterocycles.